The molecule has 0 radical (unpaired) electrons. The van der Waals surface area contributed by atoms with E-state index in [1.165, 1.54) is 0 Å². The smallest absolute Gasteiger partial charge is 0.310 e. The molecule has 4 aliphatic carbocycles. The van der Waals surface area contributed by atoms with Crippen LogP contribution >= 0.6 is 0 Å². The average molecular weight is 180 g/mol. The molecule has 4 rings (SSSR count). The molecule has 0 aromatic heterocycles. The Hall–Kier alpha value is -0.530. The predicted molar refractivity (Wildman–Crippen MR) is 48.2 cm³/mol. The van der Waals surface area contributed by atoms with Gasteiger partial charge in [0.15, 0.2) is 0 Å². The molecule has 2 nitrogen and oxygen atoms in total. The maximum Gasteiger partial charge on any atom is 0.310 e. The normalized spacial score (nSPS) is 59.6. The van der Waals surface area contributed by atoms with Crippen LogP contribution in [-0.4, -0.2) is 11.1 Å². The van der Waals surface area contributed by atoms with Gasteiger partial charge in [0.25, 0.3) is 0 Å². The Balaban J connectivity index is 2.18. The molecule has 0 amide bonds. The molecule has 2 heteroatoms. The molecule has 1 N–H and O–H groups in total. The number of aliphatic carboxylic acids is 1. The second-order valence-corrected chi connectivity index (χ2v) is 5.92. The van der Waals surface area contributed by atoms with Crippen molar-refractivity contribution in [1.82, 2.24) is 0 Å². The zero-order valence-electron chi connectivity index (χ0n) is 8.42. The van der Waals surface area contributed by atoms with E-state index in [1.54, 1.807) is 0 Å². The molecular formula is C11H16O2. The molecule has 4 bridgehead atoms. The Morgan fingerprint density at radius 1 is 1.23 bits per heavy atom. The van der Waals surface area contributed by atoms with Crippen LogP contribution in [0.5, 0.6) is 0 Å². The molecule has 72 valence electrons. The maximum absolute atomic E-state index is 11.4. The number of hydrogen-bond acceptors (Lipinski definition) is 1. The molecule has 0 aromatic rings. The van der Waals surface area contributed by atoms with Crippen molar-refractivity contribution >= 4 is 5.97 Å². The van der Waals surface area contributed by atoms with E-state index in [9.17, 15) is 9.90 Å². The largest absolute Gasteiger partial charge is 0.481 e. The highest BCUT2D eigenvalue weighted by atomic mass is 16.4. The van der Waals surface area contributed by atoms with Crippen LogP contribution in [0.1, 0.15) is 33.6 Å². The molecule has 0 spiro atoms. The number of hydrogen-bond donors (Lipinski definition) is 1. The fraction of sp³-hybridized carbons (Fsp3) is 0.909. The third kappa shape index (κ3) is 0.456. The Morgan fingerprint density at radius 3 is 1.85 bits per heavy atom. The summed E-state index contributed by atoms with van der Waals surface area (Å²) in [6, 6.07) is 0. The first kappa shape index (κ1) is 7.84. The summed E-state index contributed by atoms with van der Waals surface area (Å²) in [4.78, 5) is 11.4. The molecular weight excluding hydrogens is 164 g/mol. The van der Waals surface area contributed by atoms with Crippen LogP contribution in [-0.2, 0) is 4.79 Å². The fourth-order valence-corrected chi connectivity index (χ4v) is 4.64. The first-order valence-corrected chi connectivity index (χ1v) is 5.11. The summed E-state index contributed by atoms with van der Waals surface area (Å²) >= 11 is 0. The SMILES string of the molecule is CC12C3CC(C(=O)O)(CC31)C2(C)C. The van der Waals surface area contributed by atoms with Gasteiger partial charge in [-0.1, -0.05) is 20.8 Å². The molecule has 2 unspecified atom stereocenters. The van der Waals surface area contributed by atoms with Gasteiger partial charge in [-0.05, 0) is 35.5 Å². The van der Waals surface area contributed by atoms with Gasteiger partial charge >= 0.3 is 5.97 Å². The fourth-order valence-electron chi connectivity index (χ4n) is 4.64. The van der Waals surface area contributed by atoms with Crippen LogP contribution in [0.4, 0.5) is 0 Å². The van der Waals surface area contributed by atoms with Crippen molar-refractivity contribution in [2.75, 3.05) is 0 Å². The Bertz CT molecular complexity index is 304. The monoisotopic (exact) mass is 180 g/mol. The van der Waals surface area contributed by atoms with Crippen molar-refractivity contribution in [2.24, 2.45) is 28.1 Å². The average Bonchev–Trinajstić information content (AvgIpc) is 2.42. The topological polar surface area (TPSA) is 37.3 Å². The minimum atomic E-state index is -0.550. The van der Waals surface area contributed by atoms with Crippen LogP contribution < -0.4 is 0 Å². The standard InChI is InChI=1S/C11H16O2/c1-9(2)10(3)6-4-11(9,8(12)13)5-7(6)10/h6-7H,4-5H2,1-3H3,(H,12,13). The first-order chi connectivity index (χ1) is 5.88. The van der Waals surface area contributed by atoms with E-state index >= 15 is 0 Å². The lowest BCUT2D eigenvalue weighted by Gasteiger charge is -2.36. The van der Waals surface area contributed by atoms with E-state index < -0.39 is 5.97 Å². The highest BCUT2D eigenvalue weighted by Gasteiger charge is 2.87. The van der Waals surface area contributed by atoms with Gasteiger partial charge in [0, 0.05) is 0 Å². The van der Waals surface area contributed by atoms with E-state index in [-0.39, 0.29) is 10.8 Å². The third-order valence-electron chi connectivity index (χ3n) is 6.01. The van der Waals surface area contributed by atoms with E-state index in [0.29, 0.717) is 5.41 Å². The first-order valence-electron chi connectivity index (χ1n) is 5.11. The lowest BCUT2D eigenvalue weighted by atomic mass is 9.66. The molecule has 0 aliphatic heterocycles. The minimum Gasteiger partial charge on any atom is -0.481 e. The van der Waals surface area contributed by atoms with E-state index in [0.717, 1.165) is 24.7 Å². The lowest BCUT2D eigenvalue weighted by molar-refractivity contribution is -0.154. The van der Waals surface area contributed by atoms with Crippen molar-refractivity contribution in [3.8, 4) is 0 Å². The van der Waals surface area contributed by atoms with E-state index in [4.69, 9.17) is 0 Å². The maximum atomic E-state index is 11.4. The van der Waals surface area contributed by atoms with Crippen molar-refractivity contribution < 1.29 is 9.90 Å². The van der Waals surface area contributed by atoms with Crippen LogP contribution in [0.15, 0.2) is 0 Å². The van der Waals surface area contributed by atoms with Gasteiger partial charge in [-0.15, -0.1) is 0 Å². The predicted octanol–water partition coefficient (Wildman–Crippen LogP) is 2.14. The Kier molecular flexibility index (Phi) is 0.935. The molecule has 0 saturated heterocycles. The summed E-state index contributed by atoms with van der Waals surface area (Å²) in [5.41, 5.74) is -0.0103. The van der Waals surface area contributed by atoms with Crippen LogP contribution in [0.3, 0.4) is 0 Å². The van der Waals surface area contributed by atoms with Crippen molar-refractivity contribution in [3.05, 3.63) is 0 Å². The molecule has 0 aromatic carbocycles. The highest BCUT2D eigenvalue weighted by Crippen LogP contribution is 2.90. The van der Waals surface area contributed by atoms with E-state index in [1.807, 2.05) is 0 Å². The van der Waals surface area contributed by atoms with Gasteiger partial charge in [0.2, 0.25) is 0 Å². The Morgan fingerprint density at radius 2 is 1.69 bits per heavy atom. The zero-order valence-corrected chi connectivity index (χ0v) is 8.42. The number of carboxylic acid groups (broad SMARTS) is 1. The third-order valence-corrected chi connectivity index (χ3v) is 6.01. The summed E-state index contributed by atoms with van der Waals surface area (Å²) in [7, 11) is 0. The Labute approximate surface area is 78.3 Å². The van der Waals surface area contributed by atoms with E-state index in [2.05, 4.69) is 20.8 Å². The van der Waals surface area contributed by atoms with Gasteiger partial charge in [-0.25, -0.2) is 0 Å². The van der Waals surface area contributed by atoms with Crippen LogP contribution in [0, 0.1) is 28.1 Å². The van der Waals surface area contributed by atoms with Crippen molar-refractivity contribution in [2.45, 2.75) is 33.6 Å². The molecule has 4 aliphatic rings. The summed E-state index contributed by atoms with van der Waals surface area (Å²) in [6.07, 6.45) is 1.88. The van der Waals surface area contributed by atoms with Gasteiger partial charge in [0.05, 0.1) is 5.41 Å². The van der Waals surface area contributed by atoms with Crippen LogP contribution in [0.25, 0.3) is 0 Å². The van der Waals surface area contributed by atoms with Gasteiger partial charge in [-0.3, -0.25) is 4.79 Å². The number of carboxylic acids is 1. The summed E-state index contributed by atoms with van der Waals surface area (Å²) in [6.45, 7) is 6.61. The summed E-state index contributed by atoms with van der Waals surface area (Å²) in [5.74, 6) is 0.892. The second-order valence-electron chi connectivity index (χ2n) is 5.92. The molecule has 4 saturated carbocycles. The van der Waals surface area contributed by atoms with Crippen molar-refractivity contribution in [1.29, 1.82) is 0 Å². The molecule has 0 heterocycles. The summed E-state index contributed by atoms with van der Waals surface area (Å²) in [5, 5.41) is 9.35. The highest BCUT2D eigenvalue weighted by molar-refractivity contribution is 5.79. The van der Waals surface area contributed by atoms with Crippen molar-refractivity contribution in [3.63, 3.8) is 0 Å². The second kappa shape index (κ2) is 1.55. The number of rotatable bonds is 1. The van der Waals surface area contributed by atoms with Gasteiger partial charge in [-0.2, -0.15) is 0 Å². The van der Waals surface area contributed by atoms with Crippen LogP contribution in [0.2, 0.25) is 0 Å². The molecule has 13 heavy (non-hydrogen) atoms. The van der Waals surface area contributed by atoms with Gasteiger partial charge < -0.3 is 5.11 Å². The zero-order chi connectivity index (χ0) is 9.65. The summed E-state index contributed by atoms with van der Waals surface area (Å²) < 4.78 is 0. The minimum absolute atomic E-state index is 0.0150. The lowest BCUT2D eigenvalue weighted by Crippen LogP contribution is -2.39. The molecule has 2 atom stereocenters. The molecule has 4 fully saturated rings. The van der Waals surface area contributed by atoms with Gasteiger partial charge in [0.1, 0.15) is 0 Å². The number of carbonyl (C=O) groups is 1. The quantitative estimate of drug-likeness (QED) is 0.671.